The van der Waals surface area contributed by atoms with E-state index in [0.29, 0.717) is 0 Å². The number of rotatable bonds is 0. The molecule has 0 saturated carbocycles. The molecule has 12 heteroatoms. The van der Waals surface area contributed by atoms with Crippen molar-refractivity contribution >= 4 is 86.6 Å². The van der Waals surface area contributed by atoms with Gasteiger partial charge in [-0.05, 0) is 74.5 Å². The molecule has 0 aliphatic heterocycles. The van der Waals surface area contributed by atoms with Gasteiger partial charge in [-0.25, -0.2) is 19.9 Å². The molecule has 576 valence electrons. The highest BCUT2D eigenvalue weighted by atomic mass is 15.1. The second-order valence-corrected chi connectivity index (χ2v) is 36.6. The number of nitrogens with zero attached hydrogens (tertiary/aromatic N) is 12. The normalized spacial score (nSPS) is 11.9. The number of benzene rings is 8. The fourth-order valence-electron chi connectivity index (χ4n) is 12.8. The molecule has 16 aromatic rings. The predicted octanol–water partition coefficient (Wildman–Crippen LogP) is 25.8. The Hall–Kier alpha value is -11.2. The number of para-hydroxylation sites is 3. The van der Waals surface area contributed by atoms with E-state index in [2.05, 4.69) is 360 Å². The van der Waals surface area contributed by atoms with Crippen molar-refractivity contribution in [2.24, 2.45) is 0 Å². The molecule has 112 heavy (non-hydrogen) atoms. The summed E-state index contributed by atoms with van der Waals surface area (Å²) in [5, 5.41) is 32.3. The van der Waals surface area contributed by atoms with E-state index >= 15 is 0 Å². The molecule has 8 aromatic heterocycles. The lowest BCUT2D eigenvalue weighted by Gasteiger charge is -2.20. The van der Waals surface area contributed by atoms with Gasteiger partial charge in [-0.1, -0.05) is 342 Å². The van der Waals surface area contributed by atoms with Crippen LogP contribution in [0.3, 0.4) is 0 Å². The Balaban J connectivity index is 0.000000147. The molecule has 0 aliphatic rings. The maximum Gasteiger partial charge on any atom is 0.134 e. The van der Waals surface area contributed by atoms with E-state index in [-0.39, 0.29) is 43.3 Å². The van der Waals surface area contributed by atoms with Gasteiger partial charge in [0.05, 0.1) is 51.7 Å². The highest BCUT2D eigenvalue weighted by Gasteiger charge is 2.24. The van der Waals surface area contributed by atoms with Crippen molar-refractivity contribution in [1.82, 2.24) is 60.3 Å². The molecule has 0 bridgehead atoms. The first kappa shape index (κ1) is 84.8. The van der Waals surface area contributed by atoms with Crippen LogP contribution in [0, 0.1) is 0 Å². The molecule has 0 fully saturated rings. The maximum absolute atomic E-state index is 4.54. The first-order chi connectivity index (χ1) is 52.7. The summed E-state index contributed by atoms with van der Waals surface area (Å²) in [4.78, 5) is 35.1. The lowest BCUT2D eigenvalue weighted by molar-refractivity contribution is 0.548. The van der Waals surface area contributed by atoms with Crippen molar-refractivity contribution < 1.29 is 0 Å². The van der Waals surface area contributed by atoms with Crippen LogP contribution < -0.4 is 0 Å². The van der Waals surface area contributed by atoms with E-state index < -0.39 is 0 Å². The highest BCUT2D eigenvalue weighted by molar-refractivity contribution is 5.89. The van der Waals surface area contributed by atoms with E-state index in [1.54, 1.807) is 6.33 Å². The van der Waals surface area contributed by atoms with Crippen LogP contribution in [-0.4, -0.2) is 60.3 Å². The average Bonchev–Trinajstić information content (AvgIpc) is 0.828. The molecular weight excluding hydrogens is 1370 g/mol. The van der Waals surface area contributed by atoms with E-state index in [4.69, 9.17) is 0 Å². The Morgan fingerprint density at radius 1 is 0.223 bits per heavy atom. The minimum Gasteiger partial charge on any atom is -0.264 e. The van der Waals surface area contributed by atoms with Crippen LogP contribution in [-0.2, 0) is 43.3 Å². The largest absolute Gasteiger partial charge is 0.264 e. The Bertz CT molecular complexity index is 4940. The van der Waals surface area contributed by atoms with Crippen molar-refractivity contribution in [3.05, 3.63) is 314 Å². The number of aromatic nitrogens is 12. The second kappa shape index (κ2) is 35.8. The van der Waals surface area contributed by atoms with Crippen LogP contribution in [0.2, 0.25) is 0 Å². The molecule has 0 saturated heterocycles. The quantitative estimate of drug-likeness (QED) is 0.142. The summed E-state index contributed by atoms with van der Waals surface area (Å²) in [7, 11) is 0. The van der Waals surface area contributed by atoms with Crippen LogP contribution >= 0.6 is 0 Å². The fraction of sp³-hybridized carbons (Fsp3) is 0.320. The molecule has 0 N–H and O–H groups in total. The van der Waals surface area contributed by atoms with Crippen molar-refractivity contribution in [2.45, 2.75) is 209 Å². The summed E-state index contributed by atoms with van der Waals surface area (Å²) in [5.74, 6) is 0.899. The maximum atomic E-state index is 4.54. The van der Waals surface area contributed by atoms with Crippen LogP contribution in [0.1, 0.15) is 212 Å². The summed E-state index contributed by atoms with van der Waals surface area (Å²) in [5.41, 5.74) is 12.1. The van der Waals surface area contributed by atoms with Gasteiger partial charge in [-0.15, -0.1) is 0 Å². The van der Waals surface area contributed by atoms with Crippen molar-refractivity contribution in [3.63, 3.8) is 0 Å². The van der Waals surface area contributed by atoms with Gasteiger partial charge < -0.3 is 0 Å². The SMILES string of the molecule is CC(C)(C)c1cc2ccccc2cn1.CC(C)(C)c1ccnc2ccccc12.CC(C)(C)c1cncc2ccccc12.CC(C)(C)c1ncc2ccccc2n1.CC(C)(C)c1nccc2ccccc12.CC(C)(C)c1ncnc2ccccc12.CC(C)(C)c1nncc2ccccc12.CC(C)(C)c1nncc2ccccc12. The number of fused-ring (bicyclic) bond motifs is 8. The van der Waals surface area contributed by atoms with Crippen LogP contribution in [0.15, 0.2) is 268 Å². The standard InChI is InChI=1S/4C13H15N.4C12H14N2/c1-13(2,3)12-9-14-8-10-6-4-5-7-11(10)12;1-13(2,3)12-8-10-6-4-5-7-11(10)9-14-12;1-13(2,3)11-8-9-14-12-7-5-4-6-10(11)12;1-13(2,3)12-11-7-5-4-6-10(11)8-9-14-12;1-12(2,3)11-9-6-4-5-7-10(9)13-8-14-11;1-12(2,3)11-13-8-9-6-4-5-7-10(9)14-11;2*1-12(2,3)11-10-7-5-4-6-9(10)8-13-14-11/h4*4-9H,1-3H3;4*4-8H,1-3H3. The zero-order valence-electron chi connectivity index (χ0n) is 70.8. The molecule has 12 nitrogen and oxygen atoms in total. The second-order valence-electron chi connectivity index (χ2n) is 36.6. The van der Waals surface area contributed by atoms with E-state index in [1.165, 1.54) is 65.3 Å². The number of hydrogen-bond acceptors (Lipinski definition) is 12. The summed E-state index contributed by atoms with van der Waals surface area (Å²) >= 11 is 0. The summed E-state index contributed by atoms with van der Waals surface area (Å²) in [6.45, 7) is 52.3. The molecule has 0 unspecified atom stereocenters. The van der Waals surface area contributed by atoms with Crippen LogP contribution in [0.4, 0.5) is 0 Å². The molecule has 0 atom stereocenters. The van der Waals surface area contributed by atoms with Crippen LogP contribution in [0.25, 0.3) is 86.6 Å². The lowest BCUT2D eigenvalue weighted by Crippen LogP contribution is -2.15. The third kappa shape index (κ3) is 23.0. The van der Waals surface area contributed by atoms with E-state index in [0.717, 1.165) is 66.7 Å². The zero-order valence-corrected chi connectivity index (χ0v) is 70.8. The van der Waals surface area contributed by atoms with Gasteiger partial charge >= 0.3 is 0 Å². The van der Waals surface area contributed by atoms with Gasteiger partial charge in [0.2, 0.25) is 0 Å². The van der Waals surface area contributed by atoms with Gasteiger partial charge in [0.25, 0.3) is 0 Å². The van der Waals surface area contributed by atoms with Gasteiger partial charge in [-0.2, -0.15) is 20.4 Å². The van der Waals surface area contributed by atoms with Crippen molar-refractivity contribution in [3.8, 4) is 0 Å². The zero-order chi connectivity index (χ0) is 81.5. The summed E-state index contributed by atoms with van der Waals surface area (Å²) in [6.07, 6.45) is 16.8. The Kier molecular flexibility index (Phi) is 27.1. The summed E-state index contributed by atoms with van der Waals surface area (Å²) in [6, 6.07) is 72.4. The van der Waals surface area contributed by atoms with Gasteiger partial charge in [0, 0.05) is 129 Å². The molecule has 0 spiro atoms. The molecule has 16 rings (SSSR count). The Labute approximate surface area is 666 Å². The molecule has 0 radical (unpaired) electrons. The highest BCUT2D eigenvalue weighted by Crippen LogP contribution is 2.34. The molecule has 8 heterocycles. The topological polar surface area (TPSA) is 155 Å². The first-order valence-corrected chi connectivity index (χ1v) is 38.9. The fourth-order valence-corrected chi connectivity index (χ4v) is 12.8. The summed E-state index contributed by atoms with van der Waals surface area (Å²) < 4.78 is 0. The van der Waals surface area contributed by atoms with Crippen molar-refractivity contribution in [1.29, 1.82) is 0 Å². The number of pyridine rings is 4. The van der Waals surface area contributed by atoms with Gasteiger partial charge in [0.15, 0.2) is 0 Å². The van der Waals surface area contributed by atoms with Crippen molar-refractivity contribution in [2.75, 3.05) is 0 Å². The third-order valence-corrected chi connectivity index (χ3v) is 18.7. The number of hydrogen-bond donors (Lipinski definition) is 0. The predicted molar refractivity (Wildman–Crippen MR) is 475 cm³/mol. The minimum absolute atomic E-state index is 0.0179. The Morgan fingerprint density at radius 2 is 0.616 bits per heavy atom. The van der Waals surface area contributed by atoms with Gasteiger partial charge in [0.1, 0.15) is 12.2 Å². The lowest BCUT2D eigenvalue weighted by atomic mass is 9.85. The molecule has 0 aliphatic carbocycles. The molecule has 8 aromatic carbocycles. The molecular formula is C100H116N12. The monoisotopic (exact) mass is 1480 g/mol. The van der Waals surface area contributed by atoms with E-state index in [1.807, 2.05) is 128 Å². The minimum atomic E-state index is 0.0179. The Morgan fingerprint density at radius 3 is 1.12 bits per heavy atom. The third-order valence-electron chi connectivity index (χ3n) is 18.7. The van der Waals surface area contributed by atoms with E-state index in [9.17, 15) is 0 Å². The average molecular weight is 1490 g/mol. The first-order valence-electron chi connectivity index (χ1n) is 38.9. The molecule has 0 amide bonds. The van der Waals surface area contributed by atoms with Gasteiger partial charge in [-0.3, -0.25) is 19.9 Å². The van der Waals surface area contributed by atoms with Crippen LogP contribution in [0.5, 0.6) is 0 Å². The smallest absolute Gasteiger partial charge is 0.134 e.